The van der Waals surface area contributed by atoms with Crippen LogP contribution in [-0.4, -0.2) is 19.6 Å². The highest BCUT2D eigenvalue weighted by atomic mass is 16.5. The average Bonchev–Trinajstić information content (AvgIpc) is 2.89. The first-order valence-electron chi connectivity index (χ1n) is 7.03. The van der Waals surface area contributed by atoms with Gasteiger partial charge in [-0.2, -0.15) is 5.26 Å². The Morgan fingerprint density at radius 1 is 1.22 bits per heavy atom. The van der Waals surface area contributed by atoms with Crippen LogP contribution in [0.5, 0.6) is 11.5 Å². The molecule has 1 heterocycles. The van der Waals surface area contributed by atoms with Crippen molar-refractivity contribution in [3.8, 4) is 17.6 Å². The predicted octanol–water partition coefficient (Wildman–Crippen LogP) is 3.09. The smallest absolute Gasteiger partial charge is 0.256 e. The molecule has 2 aromatic rings. The molecule has 1 amide bonds. The van der Waals surface area contributed by atoms with Crippen molar-refractivity contribution in [1.82, 2.24) is 0 Å². The number of nitriles is 1. The molecule has 0 atom stereocenters. The maximum absolute atomic E-state index is 12.1. The number of carbonyl (C=O) groups is 1. The van der Waals surface area contributed by atoms with Crippen LogP contribution in [0.15, 0.2) is 42.5 Å². The summed E-state index contributed by atoms with van der Waals surface area (Å²) in [7, 11) is 1.53. The minimum absolute atomic E-state index is 0.0490. The van der Waals surface area contributed by atoms with Crippen LogP contribution in [0.25, 0.3) is 11.6 Å². The third-order valence-electron chi connectivity index (χ3n) is 3.50. The van der Waals surface area contributed by atoms with Crippen molar-refractivity contribution in [2.75, 3.05) is 19.0 Å². The molecule has 5 nitrogen and oxygen atoms in total. The van der Waals surface area contributed by atoms with Crippen molar-refractivity contribution in [3.63, 3.8) is 0 Å². The van der Waals surface area contributed by atoms with Crippen molar-refractivity contribution in [2.45, 2.75) is 0 Å². The summed E-state index contributed by atoms with van der Waals surface area (Å²) in [5.74, 6) is 0.878. The second kappa shape index (κ2) is 6.24. The largest absolute Gasteiger partial charge is 0.493 e. The molecule has 114 valence electrons. The van der Waals surface area contributed by atoms with E-state index in [0.717, 1.165) is 16.8 Å². The fraction of sp³-hybridized carbons (Fsp3) is 0.111. The average molecular weight is 306 g/mol. The first-order valence-corrected chi connectivity index (χ1v) is 7.03. The van der Waals surface area contributed by atoms with E-state index < -0.39 is 0 Å². The summed E-state index contributed by atoms with van der Waals surface area (Å²) in [6, 6.07) is 14.8. The van der Waals surface area contributed by atoms with Gasteiger partial charge in [0.25, 0.3) is 5.91 Å². The summed E-state index contributed by atoms with van der Waals surface area (Å²) in [5.41, 5.74) is 3.10. The summed E-state index contributed by atoms with van der Waals surface area (Å²) >= 11 is 0. The maximum Gasteiger partial charge on any atom is 0.256 e. The Bertz CT molecular complexity index is 834. The van der Waals surface area contributed by atoms with Crippen LogP contribution in [0.1, 0.15) is 11.1 Å². The number of nitrogens with one attached hydrogen (secondary N) is 1. The highest BCUT2D eigenvalue weighted by molar-refractivity contribution is 6.34. The lowest BCUT2D eigenvalue weighted by Gasteiger charge is -2.09. The van der Waals surface area contributed by atoms with Gasteiger partial charge in [0.15, 0.2) is 18.1 Å². The Morgan fingerprint density at radius 3 is 2.83 bits per heavy atom. The maximum atomic E-state index is 12.1. The molecule has 0 radical (unpaired) electrons. The molecular formula is C18H14N2O3. The van der Waals surface area contributed by atoms with E-state index in [1.54, 1.807) is 18.2 Å². The third-order valence-corrected chi connectivity index (χ3v) is 3.50. The van der Waals surface area contributed by atoms with Crippen LogP contribution < -0.4 is 14.8 Å². The van der Waals surface area contributed by atoms with Crippen LogP contribution in [0, 0.1) is 11.3 Å². The van der Waals surface area contributed by atoms with Crippen LogP contribution in [-0.2, 0) is 4.79 Å². The van der Waals surface area contributed by atoms with Gasteiger partial charge in [-0.3, -0.25) is 4.79 Å². The topological polar surface area (TPSA) is 71.3 Å². The van der Waals surface area contributed by atoms with E-state index in [1.807, 2.05) is 36.4 Å². The molecule has 0 unspecified atom stereocenters. The van der Waals surface area contributed by atoms with Gasteiger partial charge in [0.05, 0.1) is 7.11 Å². The van der Waals surface area contributed by atoms with E-state index in [0.29, 0.717) is 17.1 Å². The monoisotopic (exact) mass is 306 g/mol. The molecule has 1 N–H and O–H groups in total. The highest BCUT2D eigenvalue weighted by Gasteiger charge is 2.23. The number of rotatable bonds is 4. The lowest BCUT2D eigenvalue weighted by Crippen LogP contribution is -2.03. The first-order chi connectivity index (χ1) is 11.2. The first kappa shape index (κ1) is 14.7. The van der Waals surface area contributed by atoms with Gasteiger partial charge in [0.1, 0.15) is 6.07 Å². The lowest BCUT2D eigenvalue weighted by molar-refractivity contribution is -0.110. The third kappa shape index (κ3) is 2.87. The SMILES string of the molecule is COc1cc(C=C2C(=O)Nc3ccccc32)ccc1OCC#N. The van der Waals surface area contributed by atoms with Crippen LogP contribution in [0.2, 0.25) is 0 Å². The molecule has 0 spiro atoms. The second-order valence-electron chi connectivity index (χ2n) is 4.91. The number of hydrogen-bond donors (Lipinski definition) is 1. The van der Waals surface area contributed by atoms with Crippen molar-refractivity contribution >= 4 is 23.2 Å². The Hall–Kier alpha value is -3.26. The fourth-order valence-electron chi connectivity index (χ4n) is 2.45. The zero-order valence-corrected chi connectivity index (χ0v) is 12.5. The number of methoxy groups -OCH3 is 1. The van der Waals surface area contributed by atoms with Crippen molar-refractivity contribution in [3.05, 3.63) is 53.6 Å². The van der Waals surface area contributed by atoms with Gasteiger partial charge < -0.3 is 14.8 Å². The molecule has 2 aromatic carbocycles. The van der Waals surface area contributed by atoms with Gasteiger partial charge in [-0.25, -0.2) is 0 Å². The number of benzene rings is 2. The van der Waals surface area contributed by atoms with Crippen LogP contribution in [0.3, 0.4) is 0 Å². The lowest BCUT2D eigenvalue weighted by atomic mass is 10.0. The molecule has 0 saturated carbocycles. The summed E-state index contributed by atoms with van der Waals surface area (Å²) in [6.07, 6.45) is 1.80. The zero-order valence-electron chi connectivity index (χ0n) is 12.5. The fourth-order valence-corrected chi connectivity index (χ4v) is 2.45. The van der Waals surface area contributed by atoms with Gasteiger partial charge in [0.2, 0.25) is 0 Å². The van der Waals surface area contributed by atoms with Crippen LogP contribution >= 0.6 is 0 Å². The summed E-state index contributed by atoms with van der Waals surface area (Å²) < 4.78 is 10.6. The number of para-hydroxylation sites is 1. The number of ether oxygens (including phenoxy) is 2. The molecule has 5 heteroatoms. The van der Waals surface area contributed by atoms with E-state index >= 15 is 0 Å². The van der Waals surface area contributed by atoms with E-state index in [-0.39, 0.29) is 12.5 Å². The molecule has 1 aliphatic rings. The number of hydrogen-bond acceptors (Lipinski definition) is 4. The summed E-state index contributed by atoms with van der Waals surface area (Å²) in [6.45, 7) is -0.0490. The zero-order chi connectivity index (χ0) is 16.2. The number of amides is 1. The minimum Gasteiger partial charge on any atom is -0.493 e. The number of fused-ring (bicyclic) bond motifs is 1. The van der Waals surface area contributed by atoms with E-state index in [9.17, 15) is 4.79 Å². The minimum atomic E-state index is -0.130. The second-order valence-corrected chi connectivity index (χ2v) is 4.91. The standard InChI is InChI=1S/C18H14N2O3/c1-22-17-11-12(6-7-16(17)23-9-8-19)10-14-13-4-2-3-5-15(13)20-18(14)21/h2-7,10-11H,9H2,1H3,(H,20,21). The Morgan fingerprint density at radius 2 is 2.04 bits per heavy atom. The molecule has 0 aliphatic carbocycles. The number of nitrogens with zero attached hydrogens (tertiary/aromatic N) is 1. The molecule has 1 aliphatic heterocycles. The summed E-state index contributed by atoms with van der Waals surface area (Å²) in [5, 5.41) is 11.4. The van der Waals surface area contributed by atoms with Gasteiger partial charge in [-0.05, 0) is 29.8 Å². The number of carbonyl (C=O) groups excluding carboxylic acids is 1. The Balaban J connectivity index is 1.97. The quantitative estimate of drug-likeness (QED) is 0.881. The van der Waals surface area contributed by atoms with Crippen molar-refractivity contribution in [2.24, 2.45) is 0 Å². The predicted molar refractivity (Wildman–Crippen MR) is 87.0 cm³/mol. The van der Waals surface area contributed by atoms with E-state index in [4.69, 9.17) is 14.7 Å². The normalized spacial score (nSPS) is 14.1. The molecule has 0 fully saturated rings. The highest BCUT2D eigenvalue weighted by Crippen LogP contribution is 2.34. The molecule has 0 saturated heterocycles. The Kier molecular flexibility index (Phi) is 3.98. The van der Waals surface area contributed by atoms with Gasteiger partial charge in [0, 0.05) is 16.8 Å². The molecular weight excluding hydrogens is 292 g/mol. The molecule has 3 rings (SSSR count). The molecule has 0 aromatic heterocycles. The summed E-state index contributed by atoms with van der Waals surface area (Å²) in [4.78, 5) is 12.1. The molecule has 0 bridgehead atoms. The van der Waals surface area contributed by atoms with Gasteiger partial charge >= 0.3 is 0 Å². The van der Waals surface area contributed by atoms with Crippen LogP contribution in [0.4, 0.5) is 5.69 Å². The van der Waals surface area contributed by atoms with Crippen molar-refractivity contribution in [1.29, 1.82) is 5.26 Å². The molecule has 23 heavy (non-hydrogen) atoms. The Labute approximate surface area is 133 Å². The van der Waals surface area contributed by atoms with Crippen molar-refractivity contribution < 1.29 is 14.3 Å². The number of anilines is 1. The van der Waals surface area contributed by atoms with Gasteiger partial charge in [-0.1, -0.05) is 24.3 Å². The van der Waals surface area contributed by atoms with E-state index in [2.05, 4.69) is 5.32 Å². The van der Waals surface area contributed by atoms with E-state index in [1.165, 1.54) is 7.11 Å². The van der Waals surface area contributed by atoms with Gasteiger partial charge in [-0.15, -0.1) is 0 Å².